The third-order valence-electron chi connectivity index (χ3n) is 21.4. The predicted octanol–water partition coefficient (Wildman–Crippen LogP) is 26.1. The van der Waals surface area contributed by atoms with Crippen LogP contribution in [0.3, 0.4) is 0 Å². The van der Waals surface area contributed by atoms with E-state index in [2.05, 4.69) is 220 Å². The van der Waals surface area contributed by atoms with Crippen LogP contribution in [0.15, 0.2) is 419 Å². The molecule has 0 saturated carbocycles. The fourth-order valence-corrected chi connectivity index (χ4v) is 15.4. The summed E-state index contributed by atoms with van der Waals surface area (Å²) < 4.78 is 33.1. The minimum absolute atomic E-state index is 0. The van der Waals surface area contributed by atoms with Crippen LogP contribution in [0.25, 0.3) is 150 Å². The van der Waals surface area contributed by atoms with Crippen molar-refractivity contribution in [2.45, 2.75) is 0 Å². The molecular weight excluding hydrogens is 2120 g/mol. The number of rotatable bonds is 19. The molecule has 0 spiro atoms. The van der Waals surface area contributed by atoms with Crippen LogP contribution in [0.1, 0.15) is 0 Å². The molecule has 0 atom stereocenters. The molecule has 14 nitrogen and oxygen atoms in total. The number of hydrogen-bond acceptors (Lipinski definition) is 9. The Morgan fingerprint density at radius 3 is 1.29 bits per heavy atom. The molecule has 0 amide bonds. The number of ether oxygens (including phenoxy) is 4. The van der Waals surface area contributed by atoms with Gasteiger partial charge in [0.05, 0.1) is 17.2 Å². The Bertz CT molecular complexity index is 7540. The van der Waals surface area contributed by atoms with Crippen molar-refractivity contribution >= 4 is 43.6 Å². The number of para-hydroxylation sites is 1. The van der Waals surface area contributed by atoms with Crippen LogP contribution in [0, 0.1) is 36.4 Å². The van der Waals surface area contributed by atoms with Crippen molar-refractivity contribution in [3.05, 3.63) is 456 Å². The number of pyridine rings is 4. The first-order valence-corrected chi connectivity index (χ1v) is 40.8. The van der Waals surface area contributed by atoms with Gasteiger partial charge in [0.2, 0.25) is 11.8 Å². The second-order valence-corrected chi connectivity index (χ2v) is 29.4. The first kappa shape index (κ1) is 85.1. The molecule has 0 aliphatic carbocycles. The minimum atomic E-state index is 0. The summed E-state index contributed by atoms with van der Waals surface area (Å²) in [5, 5.41) is 8.98. The molecule has 622 valence electrons. The number of imidazole rings is 1. The Morgan fingerprint density at radius 1 is 0.320 bits per heavy atom. The summed E-state index contributed by atoms with van der Waals surface area (Å²) in [5.74, 6) is 6.73. The van der Waals surface area contributed by atoms with Crippen LogP contribution in [-0.4, -0.2) is 38.6 Å². The van der Waals surface area contributed by atoms with Gasteiger partial charge in [0.1, 0.15) is 11.6 Å². The molecule has 8 aromatic heterocycles. The van der Waals surface area contributed by atoms with Gasteiger partial charge in [-0.2, -0.15) is 41.4 Å². The van der Waals surface area contributed by atoms with Crippen molar-refractivity contribution in [3.63, 3.8) is 0 Å². The molecule has 8 heterocycles. The van der Waals surface area contributed by atoms with Gasteiger partial charge >= 0.3 is 42.1 Å². The SMILES string of the molecule is Cn1c(-c2ccccc2)cnc1-c1[c-]c(Oc2cc(-c3ccccc3)cc(Oc3[c-]cccc3)n2)ccc1.[Pt+2].[Pt+2].[Pt].[c-]1c(Oc2[c-]c3c(cc2)c2cc(-c4ccccc4)ccc2n3-c2ccccn2)cccc1-[n+]1cc(-c2ccccc2)c[n-]1.[c-]1c(Oc2[c-]c3c(cc2)c2cc(-c4ccccc4)ccc2n3-c2ccccn2)cccc1-c1cc(-c2ccccc2)ccn1. The zero-order valence-electron chi connectivity index (χ0n) is 68.4. The molecule has 0 aliphatic heterocycles. The second kappa shape index (κ2) is 39.4. The topological polar surface area (TPSA) is 134 Å². The largest absolute Gasteiger partial charge is 2.00 e. The standard InChI is InChI=1S/C40H25N3O.C38H24N4O.C33H23N3O2.3Pt/c1-3-10-28(11-4-1)30-17-20-38-36(25-30)35-19-18-34(27-39(35)43(38)40-16-7-8-22-42-40)44-33-15-9-14-32(24-33)37-26-31(21-23-41-37)29-12-5-2-6-13-29;1-3-10-27(11-4-1)29-17-20-36-35(22-29)34-19-18-33(24-37(34)42(36)38-16-7-8-21-39-38)43-32-15-9-14-31(23-32)41-26-30(25-40-41)28-12-5-2-6-13-28;1-36-30(25-14-7-3-8-15-25)23-34-33(36)26-16-11-19-29(20-26)38-32-22-27(24-12-5-2-6-13-24)21-31(35-32)37-28-17-9-4-10-18-28;;;/h1-23,25-26H;1-22,25-26H;2-17,19,21-23H,1H3;;;/q3*-2;;2*+2. The summed E-state index contributed by atoms with van der Waals surface area (Å²) in [6.45, 7) is 0. The van der Waals surface area contributed by atoms with Crippen molar-refractivity contribution < 1.29 is 86.8 Å². The number of benzene rings is 14. The van der Waals surface area contributed by atoms with Gasteiger partial charge in [-0.05, 0) is 115 Å². The van der Waals surface area contributed by atoms with E-state index < -0.39 is 0 Å². The maximum atomic E-state index is 6.37. The molecule has 17 heteroatoms. The van der Waals surface area contributed by atoms with Gasteiger partial charge in [0, 0.05) is 116 Å². The van der Waals surface area contributed by atoms with Gasteiger partial charge in [0.25, 0.3) is 0 Å². The second-order valence-electron chi connectivity index (χ2n) is 29.4. The maximum absolute atomic E-state index is 6.37. The van der Waals surface area contributed by atoms with E-state index in [0.29, 0.717) is 46.3 Å². The van der Waals surface area contributed by atoms with Crippen LogP contribution in [0.4, 0.5) is 0 Å². The Morgan fingerprint density at radius 2 is 0.766 bits per heavy atom. The summed E-state index contributed by atoms with van der Waals surface area (Å²) in [6, 6.07) is 148. The fraction of sp³-hybridized carbons (Fsp3) is 0.00901. The quantitative estimate of drug-likeness (QED) is 0.0569. The molecule has 22 rings (SSSR count). The molecule has 0 N–H and O–H groups in total. The van der Waals surface area contributed by atoms with E-state index >= 15 is 0 Å². The maximum Gasteiger partial charge on any atom is 2.00 e. The van der Waals surface area contributed by atoms with Gasteiger partial charge in [0.15, 0.2) is 6.20 Å². The van der Waals surface area contributed by atoms with Gasteiger partial charge in [-0.3, -0.25) is 9.67 Å². The number of nitrogens with zero attached hydrogens (tertiary/aromatic N) is 10. The zero-order valence-corrected chi connectivity index (χ0v) is 75.2. The smallest absolute Gasteiger partial charge is 0.509 e. The molecular formula is C111H72N10O4Pt3-2. The average molecular weight is 2200 g/mol. The third kappa shape index (κ3) is 18.8. The summed E-state index contributed by atoms with van der Waals surface area (Å²) in [6.07, 6.45) is 11.2. The number of hydrogen-bond donors (Lipinski definition) is 0. The molecule has 22 aromatic rings. The van der Waals surface area contributed by atoms with Crippen molar-refractivity contribution in [3.8, 4) is 153 Å². The van der Waals surface area contributed by atoms with Crippen molar-refractivity contribution in [2.75, 3.05) is 0 Å². The van der Waals surface area contributed by atoms with E-state index in [9.17, 15) is 0 Å². The number of aromatic nitrogens is 10. The summed E-state index contributed by atoms with van der Waals surface area (Å²) in [5.41, 5.74) is 20.4. The Kier molecular flexibility index (Phi) is 26.2. The van der Waals surface area contributed by atoms with Gasteiger partial charge in [-0.25, -0.2) is 9.97 Å². The monoisotopic (exact) mass is 2190 g/mol. The molecule has 128 heavy (non-hydrogen) atoms. The van der Waals surface area contributed by atoms with E-state index in [-0.39, 0.29) is 63.2 Å². The fourth-order valence-electron chi connectivity index (χ4n) is 15.4. The van der Waals surface area contributed by atoms with E-state index in [1.165, 1.54) is 11.1 Å². The van der Waals surface area contributed by atoms with E-state index in [1.807, 2.05) is 285 Å². The minimum Gasteiger partial charge on any atom is -0.509 e. The van der Waals surface area contributed by atoms with Crippen LogP contribution >= 0.6 is 0 Å². The van der Waals surface area contributed by atoms with Crippen LogP contribution in [-0.2, 0) is 70.2 Å². The van der Waals surface area contributed by atoms with E-state index in [0.717, 1.165) is 139 Å². The third-order valence-corrected chi connectivity index (χ3v) is 21.4. The van der Waals surface area contributed by atoms with E-state index in [1.54, 1.807) is 6.07 Å². The van der Waals surface area contributed by atoms with E-state index in [4.69, 9.17) is 18.9 Å². The molecule has 0 fully saturated rings. The average Bonchev–Trinajstić information content (AvgIpc) is 1.59. The van der Waals surface area contributed by atoms with Crippen molar-refractivity contribution in [1.29, 1.82) is 0 Å². The Labute approximate surface area is 783 Å². The normalized spacial score (nSPS) is 10.8. The van der Waals surface area contributed by atoms with Crippen LogP contribution in [0.5, 0.6) is 46.3 Å². The molecule has 0 aliphatic rings. The number of fused-ring (bicyclic) bond motifs is 6. The van der Waals surface area contributed by atoms with Crippen molar-refractivity contribution in [1.82, 2.24) is 43.7 Å². The molecule has 0 bridgehead atoms. The summed E-state index contributed by atoms with van der Waals surface area (Å²) in [4.78, 5) is 23.2. The molecule has 0 unspecified atom stereocenters. The molecule has 0 radical (unpaired) electrons. The Hall–Kier alpha value is -15.0. The predicted molar refractivity (Wildman–Crippen MR) is 493 cm³/mol. The summed E-state index contributed by atoms with van der Waals surface area (Å²) >= 11 is 0. The first-order chi connectivity index (χ1) is 61.8. The van der Waals surface area contributed by atoms with Crippen LogP contribution < -0.4 is 28.7 Å². The molecule has 14 aromatic carbocycles. The van der Waals surface area contributed by atoms with Crippen LogP contribution in [0.2, 0.25) is 0 Å². The van der Waals surface area contributed by atoms with Gasteiger partial charge in [-0.15, -0.1) is 113 Å². The molecule has 0 saturated heterocycles. The zero-order chi connectivity index (χ0) is 83.6. The van der Waals surface area contributed by atoms with Crippen molar-refractivity contribution in [2.24, 2.45) is 7.05 Å². The van der Waals surface area contributed by atoms with Gasteiger partial charge < -0.3 is 42.7 Å². The summed E-state index contributed by atoms with van der Waals surface area (Å²) in [7, 11) is 2.00. The Balaban J connectivity index is 0.000000134. The van der Waals surface area contributed by atoms with Gasteiger partial charge in [-0.1, -0.05) is 254 Å². The first-order valence-electron chi connectivity index (χ1n) is 40.8.